The molecular weight excluding hydrogens is 612 g/mol. The molecule has 12 nitrogen and oxygen atoms in total. The molecule has 5 fully saturated rings. The van der Waals surface area contributed by atoms with Crippen molar-refractivity contribution in [1.29, 1.82) is 0 Å². The van der Waals surface area contributed by atoms with Crippen molar-refractivity contribution >= 4 is 29.7 Å². The van der Waals surface area contributed by atoms with E-state index in [0.717, 1.165) is 0 Å². The first-order valence-corrected chi connectivity index (χ1v) is 16.6. The van der Waals surface area contributed by atoms with Gasteiger partial charge in [-0.05, 0) is 49.2 Å². The molecule has 16 atom stereocenters. The minimum atomic E-state index is -2.02. The van der Waals surface area contributed by atoms with Crippen LogP contribution in [0.2, 0.25) is 0 Å². The van der Waals surface area contributed by atoms with E-state index >= 15 is 0 Å². The van der Waals surface area contributed by atoms with E-state index in [2.05, 4.69) is 0 Å². The molecule has 0 unspecified atom stereocenters. The van der Waals surface area contributed by atoms with Crippen LogP contribution in [-0.4, -0.2) is 76.0 Å². The summed E-state index contributed by atoms with van der Waals surface area (Å²) < 4.78 is 30.1. The molecule has 7 aliphatic rings. The fraction of sp³-hybridized carbons (Fsp3) is 0.743. The number of hydrogen-bond donors (Lipinski definition) is 2. The molecule has 12 heteroatoms. The van der Waals surface area contributed by atoms with Crippen molar-refractivity contribution in [2.45, 2.75) is 105 Å². The van der Waals surface area contributed by atoms with E-state index in [1.807, 2.05) is 33.8 Å². The van der Waals surface area contributed by atoms with Crippen molar-refractivity contribution in [1.82, 2.24) is 0 Å². The first-order valence-electron chi connectivity index (χ1n) is 16.6. The largest absolute Gasteiger partial charge is 0.504 e. The maximum Gasteiger partial charge on any atom is 0.343 e. The molecular formula is C35H44O12. The van der Waals surface area contributed by atoms with Gasteiger partial charge in [0.2, 0.25) is 5.78 Å². The zero-order valence-electron chi connectivity index (χ0n) is 28.2. The molecule has 0 radical (unpaired) electrons. The highest BCUT2D eigenvalue weighted by molar-refractivity contribution is 5.98. The maximum atomic E-state index is 14.7. The highest BCUT2D eigenvalue weighted by atomic mass is 16.6. The second-order valence-corrected chi connectivity index (χ2v) is 15.9. The lowest BCUT2D eigenvalue weighted by molar-refractivity contribution is -0.216. The van der Waals surface area contributed by atoms with Gasteiger partial charge in [0, 0.05) is 55.8 Å². The Hall–Kier alpha value is -3.25. The standard InChI is InChI=1S/C35H44O12/c1-12-10-19-34(8,35(9,42)31(41)47-19)24-21(12)33(7)23(28(24)43-14(3)36)20-22(13(2)29(33)44-15(4)37)32(6)17(25(39)26(20)40)11-18-27(46-18)30(32)45-16(5)38/h10,12-13,18,20-24,27-30,39,42H,11H2,1-9H3/t12-,13+,18+,20-,21+,22+,23-,24+,27+,28-,29+,30+,32+,33-,34+,35-/m1/s1. The first-order chi connectivity index (χ1) is 21.7. The van der Waals surface area contributed by atoms with E-state index in [4.69, 9.17) is 23.7 Å². The molecule has 0 aromatic heterocycles. The van der Waals surface area contributed by atoms with Crippen molar-refractivity contribution in [2.24, 2.45) is 57.7 Å². The lowest BCUT2D eigenvalue weighted by atomic mass is 9.42. The molecule has 0 bridgehead atoms. The van der Waals surface area contributed by atoms with Gasteiger partial charge in [-0.25, -0.2) is 4.79 Å². The first kappa shape index (κ1) is 32.3. The number of aliphatic hydroxyl groups is 2. The van der Waals surface area contributed by atoms with Gasteiger partial charge in [-0.3, -0.25) is 19.2 Å². The van der Waals surface area contributed by atoms with Crippen molar-refractivity contribution in [2.75, 3.05) is 0 Å². The Bertz CT molecular complexity index is 1570. The fourth-order valence-electron chi connectivity index (χ4n) is 12.0. The zero-order chi connectivity index (χ0) is 34.5. The summed E-state index contributed by atoms with van der Waals surface area (Å²) in [7, 11) is 0. The summed E-state index contributed by atoms with van der Waals surface area (Å²) in [5.41, 5.74) is -5.15. The maximum absolute atomic E-state index is 14.7. The van der Waals surface area contributed by atoms with Gasteiger partial charge in [0.25, 0.3) is 0 Å². The van der Waals surface area contributed by atoms with E-state index in [0.29, 0.717) is 5.57 Å². The van der Waals surface area contributed by atoms with Crippen molar-refractivity contribution in [3.05, 3.63) is 23.2 Å². The Kier molecular flexibility index (Phi) is 6.65. The van der Waals surface area contributed by atoms with Crippen molar-refractivity contribution in [3.63, 3.8) is 0 Å². The van der Waals surface area contributed by atoms with Crippen LogP contribution in [0.15, 0.2) is 23.2 Å². The third-order valence-electron chi connectivity index (χ3n) is 13.7. The minimum absolute atomic E-state index is 0.264. The minimum Gasteiger partial charge on any atom is -0.504 e. The number of carbonyl (C=O) groups excluding carboxylic acids is 5. The van der Waals surface area contributed by atoms with Crippen LogP contribution < -0.4 is 0 Å². The molecule has 256 valence electrons. The number of aliphatic hydroxyl groups excluding tert-OH is 1. The van der Waals surface area contributed by atoms with E-state index in [9.17, 15) is 34.2 Å². The summed E-state index contributed by atoms with van der Waals surface area (Å²) in [6.07, 6.45) is -1.44. The molecule has 0 spiro atoms. The summed E-state index contributed by atoms with van der Waals surface area (Å²) in [5.74, 6) is -7.83. The molecule has 7 rings (SSSR count). The molecule has 0 aromatic rings. The topological polar surface area (TPSA) is 175 Å². The number of ketones is 1. The highest BCUT2D eigenvalue weighted by Crippen LogP contribution is 2.76. The van der Waals surface area contributed by atoms with Gasteiger partial charge >= 0.3 is 23.9 Å². The summed E-state index contributed by atoms with van der Waals surface area (Å²) in [4.78, 5) is 66.4. The van der Waals surface area contributed by atoms with Gasteiger partial charge in [-0.15, -0.1) is 0 Å². The van der Waals surface area contributed by atoms with Crippen LogP contribution in [0.25, 0.3) is 0 Å². The molecule has 3 saturated carbocycles. The molecule has 47 heavy (non-hydrogen) atoms. The third-order valence-corrected chi connectivity index (χ3v) is 13.7. The van der Waals surface area contributed by atoms with E-state index in [1.54, 1.807) is 6.92 Å². The molecule has 2 N–H and O–H groups in total. The van der Waals surface area contributed by atoms with E-state index < -0.39 is 117 Å². The number of ether oxygens (including phenoxy) is 5. The number of Topliss-reactive ketones (excluding diaryl/α,β-unsaturated/α-hetero) is 1. The van der Waals surface area contributed by atoms with Crippen LogP contribution in [-0.2, 0) is 47.7 Å². The summed E-state index contributed by atoms with van der Waals surface area (Å²) in [6.45, 7) is 14.6. The lowest BCUT2D eigenvalue weighted by Crippen LogP contribution is -2.67. The van der Waals surface area contributed by atoms with Crippen molar-refractivity contribution < 1.29 is 57.9 Å². The van der Waals surface area contributed by atoms with Crippen LogP contribution >= 0.6 is 0 Å². The van der Waals surface area contributed by atoms with E-state index in [-0.39, 0.29) is 24.2 Å². The van der Waals surface area contributed by atoms with Crippen molar-refractivity contribution in [3.8, 4) is 0 Å². The van der Waals surface area contributed by atoms with Gasteiger partial charge in [0.05, 0.1) is 11.5 Å². The number of epoxide rings is 1. The van der Waals surface area contributed by atoms with Gasteiger partial charge in [-0.2, -0.15) is 0 Å². The number of hydrogen-bond acceptors (Lipinski definition) is 12. The molecule has 0 amide bonds. The molecule has 0 aromatic carbocycles. The van der Waals surface area contributed by atoms with Crippen LogP contribution in [0.5, 0.6) is 0 Å². The number of carbonyl (C=O) groups is 5. The Labute approximate surface area is 273 Å². The van der Waals surface area contributed by atoms with Gasteiger partial charge in [0.15, 0.2) is 11.4 Å². The second-order valence-electron chi connectivity index (χ2n) is 15.9. The smallest absolute Gasteiger partial charge is 0.343 e. The summed E-state index contributed by atoms with van der Waals surface area (Å²) >= 11 is 0. The van der Waals surface area contributed by atoms with Crippen LogP contribution in [0.3, 0.4) is 0 Å². The molecule has 5 aliphatic carbocycles. The number of esters is 4. The lowest BCUT2D eigenvalue weighted by Gasteiger charge is -2.62. The Morgan fingerprint density at radius 1 is 0.872 bits per heavy atom. The SMILES string of the molecule is CC(=O)O[C@@H]1[C@H]2[C@@H]3C(=O)C(O)=C4C[C@@H]5O[C@@H]5[C@H](OC(C)=O)[C@]4(C)[C@H]3[C@H](C)[C@H](OC(C)=O)[C@]2(C)[C@@H]2[C@@H]1[C@]1(C)C(=C[C@H]2C)OC(=O)[C@@]1(C)O. The average molecular weight is 657 g/mol. The number of rotatable bonds is 3. The van der Waals surface area contributed by atoms with Gasteiger partial charge < -0.3 is 33.9 Å². The van der Waals surface area contributed by atoms with Gasteiger partial charge in [-0.1, -0.05) is 27.7 Å². The highest BCUT2D eigenvalue weighted by Gasteiger charge is 2.82. The zero-order valence-corrected chi connectivity index (χ0v) is 28.2. The summed E-state index contributed by atoms with van der Waals surface area (Å²) in [5, 5.41) is 23.6. The van der Waals surface area contributed by atoms with E-state index in [1.165, 1.54) is 27.7 Å². The fourth-order valence-corrected chi connectivity index (χ4v) is 12.0. The van der Waals surface area contributed by atoms with Crippen LogP contribution in [0, 0.1) is 57.7 Å². The summed E-state index contributed by atoms with van der Waals surface area (Å²) in [6, 6.07) is 0. The normalized spacial score (nSPS) is 52.0. The predicted octanol–water partition coefficient (Wildman–Crippen LogP) is 2.95. The Balaban J connectivity index is 1.51. The molecule has 2 saturated heterocycles. The third kappa shape index (κ3) is 3.74. The molecule has 2 heterocycles. The Morgan fingerprint density at radius 2 is 1.47 bits per heavy atom. The van der Waals surface area contributed by atoms with Gasteiger partial charge in [0.1, 0.15) is 30.2 Å². The predicted molar refractivity (Wildman–Crippen MR) is 159 cm³/mol. The number of allylic oxidation sites excluding steroid dienone is 2. The Morgan fingerprint density at radius 3 is 2.06 bits per heavy atom. The monoisotopic (exact) mass is 656 g/mol. The van der Waals surface area contributed by atoms with Crippen LogP contribution in [0.4, 0.5) is 0 Å². The number of fused-ring (bicyclic) bond motifs is 10. The second kappa shape index (κ2) is 9.68. The quantitative estimate of drug-likeness (QED) is 0.259. The average Bonchev–Trinajstić information content (AvgIpc) is 3.65. The van der Waals surface area contributed by atoms with Crippen LogP contribution in [0.1, 0.15) is 68.7 Å². The molecule has 2 aliphatic heterocycles.